The van der Waals surface area contributed by atoms with Crippen molar-refractivity contribution in [2.75, 3.05) is 11.9 Å². The summed E-state index contributed by atoms with van der Waals surface area (Å²) < 4.78 is 2.01. The first kappa shape index (κ1) is 12.6. The third-order valence-electron chi connectivity index (χ3n) is 2.99. The number of nitrogens with zero attached hydrogens (tertiary/aromatic N) is 4. The minimum absolute atomic E-state index is 0.0216. The van der Waals surface area contributed by atoms with Gasteiger partial charge in [0, 0.05) is 38.7 Å². The van der Waals surface area contributed by atoms with Gasteiger partial charge < -0.3 is 15.2 Å². The third kappa shape index (κ3) is 2.68. The fourth-order valence-corrected chi connectivity index (χ4v) is 1.77. The highest BCUT2D eigenvalue weighted by molar-refractivity contribution is 5.41. The molecule has 0 aliphatic rings. The molecular weight excluding hydrogens is 226 g/mol. The highest BCUT2D eigenvalue weighted by Crippen LogP contribution is 2.16. The molecule has 18 heavy (non-hydrogen) atoms. The molecule has 96 valence electrons. The zero-order chi connectivity index (χ0) is 13.1. The first-order valence-electron chi connectivity index (χ1n) is 5.97. The molecule has 0 radical (unpaired) electrons. The van der Waals surface area contributed by atoms with Gasteiger partial charge >= 0.3 is 0 Å². The minimum Gasteiger partial charge on any atom is -0.352 e. The standard InChI is InChI=1S/C13H19N5/c1-10(14)11-4-5-15-12(8-11)18(3)9-13-16-6-7-17(13)2/h4-8,10H,9,14H2,1-3H3/t10-/m0/s1. The summed E-state index contributed by atoms with van der Waals surface area (Å²) in [5.74, 6) is 1.92. The second-order valence-electron chi connectivity index (χ2n) is 4.55. The van der Waals surface area contributed by atoms with Crippen LogP contribution in [0.5, 0.6) is 0 Å². The maximum atomic E-state index is 5.88. The van der Waals surface area contributed by atoms with Gasteiger partial charge in [0.05, 0.1) is 6.54 Å². The number of hydrogen-bond donors (Lipinski definition) is 1. The number of pyridine rings is 1. The summed E-state index contributed by atoms with van der Waals surface area (Å²) in [5, 5.41) is 0. The number of aryl methyl sites for hydroxylation is 1. The Morgan fingerprint density at radius 1 is 1.39 bits per heavy atom. The van der Waals surface area contributed by atoms with E-state index in [9.17, 15) is 0 Å². The normalized spacial score (nSPS) is 12.4. The van der Waals surface area contributed by atoms with Gasteiger partial charge in [-0.1, -0.05) is 0 Å². The zero-order valence-corrected chi connectivity index (χ0v) is 11.0. The van der Waals surface area contributed by atoms with E-state index in [1.165, 1.54) is 0 Å². The van der Waals surface area contributed by atoms with E-state index in [1.54, 1.807) is 12.4 Å². The van der Waals surface area contributed by atoms with E-state index in [-0.39, 0.29) is 6.04 Å². The lowest BCUT2D eigenvalue weighted by atomic mass is 10.1. The van der Waals surface area contributed by atoms with Crippen LogP contribution in [0.2, 0.25) is 0 Å². The summed E-state index contributed by atoms with van der Waals surface area (Å²) in [6.07, 6.45) is 5.53. The van der Waals surface area contributed by atoms with E-state index < -0.39 is 0 Å². The quantitative estimate of drug-likeness (QED) is 0.886. The van der Waals surface area contributed by atoms with Crippen LogP contribution in [0.4, 0.5) is 5.82 Å². The molecule has 2 rings (SSSR count). The van der Waals surface area contributed by atoms with Crippen LogP contribution in [0, 0.1) is 0 Å². The maximum absolute atomic E-state index is 5.88. The van der Waals surface area contributed by atoms with Gasteiger partial charge in [0.25, 0.3) is 0 Å². The summed E-state index contributed by atoms with van der Waals surface area (Å²) in [6.45, 7) is 2.69. The van der Waals surface area contributed by atoms with Crippen LogP contribution in [0.25, 0.3) is 0 Å². The lowest BCUT2D eigenvalue weighted by Gasteiger charge is -2.19. The molecule has 2 aromatic rings. The van der Waals surface area contributed by atoms with Crippen molar-refractivity contribution in [2.24, 2.45) is 12.8 Å². The average molecular weight is 245 g/mol. The topological polar surface area (TPSA) is 60.0 Å². The largest absolute Gasteiger partial charge is 0.352 e. The van der Waals surface area contributed by atoms with Gasteiger partial charge in [-0.3, -0.25) is 0 Å². The Bertz CT molecular complexity index is 518. The molecule has 5 heteroatoms. The lowest BCUT2D eigenvalue weighted by Crippen LogP contribution is -2.20. The van der Waals surface area contributed by atoms with Crippen LogP contribution < -0.4 is 10.6 Å². The van der Waals surface area contributed by atoms with Crippen molar-refractivity contribution in [1.82, 2.24) is 14.5 Å². The fraction of sp³-hybridized carbons (Fsp3) is 0.385. The second kappa shape index (κ2) is 5.18. The summed E-state index contributed by atoms with van der Waals surface area (Å²) in [7, 11) is 3.99. The van der Waals surface area contributed by atoms with Crippen LogP contribution in [-0.4, -0.2) is 21.6 Å². The monoisotopic (exact) mass is 245 g/mol. The summed E-state index contributed by atoms with van der Waals surface area (Å²) in [5.41, 5.74) is 6.97. The molecule has 0 bridgehead atoms. The average Bonchev–Trinajstić information content (AvgIpc) is 2.75. The lowest BCUT2D eigenvalue weighted by molar-refractivity contribution is 0.752. The van der Waals surface area contributed by atoms with Gasteiger partial charge in [0.1, 0.15) is 11.6 Å². The molecule has 5 nitrogen and oxygen atoms in total. The van der Waals surface area contributed by atoms with Gasteiger partial charge in [0.15, 0.2) is 0 Å². The van der Waals surface area contributed by atoms with Gasteiger partial charge in [-0.15, -0.1) is 0 Å². The van der Waals surface area contributed by atoms with E-state index in [1.807, 2.05) is 43.9 Å². The Morgan fingerprint density at radius 2 is 2.17 bits per heavy atom. The Labute approximate surface area is 107 Å². The van der Waals surface area contributed by atoms with Crippen LogP contribution in [-0.2, 0) is 13.6 Å². The molecule has 0 unspecified atom stereocenters. The molecule has 0 fully saturated rings. The highest BCUT2D eigenvalue weighted by Gasteiger charge is 2.08. The first-order chi connectivity index (χ1) is 8.58. The number of rotatable bonds is 4. The van der Waals surface area contributed by atoms with Crippen molar-refractivity contribution in [2.45, 2.75) is 19.5 Å². The van der Waals surface area contributed by atoms with Gasteiger partial charge in [-0.2, -0.15) is 0 Å². The Morgan fingerprint density at radius 3 is 2.78 bits per heavy atom. The summed E-state index contributed by atoms with van der Waals surface area (Å²) in [6, 6.07) is 3.99. The van der Waals surface area contributed by atoms with Gasteiger partial charge in [-0.05, 0) is 24.6 Å². The van der Waals surface area contributed by atoms with E-state index in [4.69, 9.17) is 5.73 Å². The smallest absolute Gasteiger partial charge is 0.128 e. The number of anilines is 1. The molecule has 0 amide bonds. The van der Waals surface area contributed by atoms with Crippen LogP contribution in [0.3, 0.4) is 0 Å². The molecule has 0 saturated carbocycles. The van der Waals surface area contributed by atoms with Crippen molar-refractivity contribution >= 4 is 5.82 Å². The molecule has 0 aromatic carbocycles. The van der Waals surface area contributed by atoms with Crippen molar-refractivity contribution in [1.29, 1.82) is 0 Å². The van der Waals surface area contributed by atoms with Crippen molar-refractivity contribution in [3.8, 4) is 0 Å². The molecular formula is C13H19N5. The molecule has 0 aliphatic heterocycles. The number of hydrogen-bond acceptors (Lipinski definition) is 4. The van der Waals surface area contributed by atoms with Crippen LogP contribution in [0.1, 0.15) is 24.4 Å². The molecule has 1 atom stereocenters. The number of imidazole rings is 1. The molecule has 0 aliphatic carbocycles. The summed E-state index contributed by atoms with van der Waals surface area (Å²) in [4.78, 5) is 10.7. The van der Waals surface area contributed by atoms with E-state index in [0.29, 0.717) is 0 Å². The Balaban J connectivity index is 2.16. The zero-order valence-electron chi connectivity index (χ0n) is 11.0. The molecule has 0 saturated heterocycles. The second-order valence-corrected chi connectivity index (χ2v) is 4.55. The Hall–Kier alpha value is -1.88. The van der Waals surface area contributed by atoms with E-state index >= 15 is 0 Å². The van der Waals surface area contributed by atoms with Crippen molar-refractivity contribution < 1.29 is 0 Å². The van der Waals surface area contributed by atoms with Crippen molar-refractivity contribution in [3.63, 3.8) is 0 Å². The summed E-state index contributed by atoms with van der Waals surface area (Å²) >= 11 is 0. The highest BCUT2D eigenvalue weighted by atomic mass is 15.2. The SMILES string of the molecule is C[C@H](N)c1ccnc(N(C)Cc2nccn2C)c1. The van der Waals surface area contributed by atoms with Crippen LogP contribution in [0.15, 0.2) is 30.7 Å². The van der Waals surface area contributed by atoms with E-state index in [2.05, 4.69) is 14.9 Å². The van der Waals surface area contributed by atoms with Crippen molar-refractivity contribution in [3.05, 3.63) is 42.1 Å². The first-order valence-corrected chi connectivity index (χ1v) is 5.97. The molecule has 2 N–H and O–H groups in total. The van der Waals surface area contributed by atoms with Gasteiger partial charge in [-0.25, -0.2) is 9.97 Å². The molecule has 2 aromatic heterocycles. The third-order valence-corrected chi connectivity index (χ3v) is 2.99. The van der Waals surface area contributed by atoms with E-state index in [0.717, 1.165) is 23.8 Å². The Kier molecular flexibility index (Phi) is 3.62. The number of aromatic nitrogens is 3. The fourth-order valence-electron chi connectivity index (χ4n) is 1.77. The van der Waals surface area contributed by atoms with Crippen LogP contribution >= 0.6 is 0 Å². The molecule has 2 heterocycles. The minimum atomic E-state index is 0.0216. The van der Waals surface area contributed by atoms with Gasteiger partial charge in [0.2, 0.25) is 0 Å². The predicted molar refractivity (Wildman–Crippen MR) is 72.2 cm³/mol. The maximum Gasteiger partial charge on any atom is 0.128 e. The predicted octanol–water partition coefficient (Wildman–Crippen LogP) is 1.47. The number of nitrogens with two attached hydrogens (primary N) is 1. The molecule has 0 spiro atoms.